The smallest absolute Gasteiger partial charge is 0.326 e. The van der Waals surface area contributed by atoms with E-state index in [9.17, 15) is 14.4 Å². The number of nitrogens with one attached hydrogen (secondary N) is 2. The molecule has 0 aliphatic rings. The van der Waals surface area contributed by atoms with Crippen LogP contribution in [0.1, 0.15) is 12.8 Å². The van der Waals surface area contributed by atoms with Gasteiger partial charge < -0.3 is 15.7 Å². The van der Waals surface area contributed by atoms with Gasteiger partial charge in [-0.15, -0.1) is 0 Å². The molecule has 0 aliphatic carbocycles. The molecule has 0 aromatic heterocycles. The van der Waals surface area contributed by atoms with Gasteiger partial charge in [0.25, 0.3) is 0 Å². The predicted molar refractivity (Wildman–Crippen MR) is 78.6 cm³/mol. The number of aliphatic carboxylic acids is 1. The Labute approximate surface area is 121 Å². The van der Waals surface area contributed by atoms with Crippen LogP contribution >= 0.6 is 23.5 Å². The monoisotopic (exact) mass is 308 g/mol. The van der Waals surface area contributed by atoms with E-state index in [4.69, 9.17) is 5.11 Å². The first kappa shape index (κ1) is 18.1. The van der Waals surface area contributed by atoms with Crippen molar-refractivity contribution >= 4 is 41.8 Å². The molecule has 8 heteroatoms. The van der Waals surface area contributed by atoms with Gasteiger partial charge in [-0.25, -0.2) is 4.79 Å². The summed E-state index contributed by atoms with van der Waals surface area (Å²) in [7, 11) is 0. The lowest BCUT2D eigenvalue weighted by atomic mass is 10.1. The van der Waals surface area contributed by atoms with E-state index in [0.29, 0.717) is 30.8 Å². The van der Waals surface area contributed by atoms with Crippen LogP contribution in [-0.2, 0) is 14.4 Å². The van der Waals surface area contributed by atoms with Crippen LogP contribution in [-0.4, -0.2) is 59.5 Å². The van der Waals surface area contributed by atoms with Crippen LogP contribution in [0.15, 0.2) is 0 Å². The van der Waals surface area contributed by atoms with Crippen LogP contribution < -0.4 is 10.6 Å². The average molecular weight is 308 g/mol. The average Bonchev–Trinajstić information content (AvgIpc) is 2.38. The molecule has 2 atom stereocenters. The molecule has 3 N–H and O–H groups in total. The van der Waals surface area contributed by atoms with E-state index in [2.05, 4.69) is 10.6 Å². The molecule has 6 nitrogen and oxygen atoms in total. The number of rotatable bonds is 11. The SMILES string of the molecule is CSCC[C@H](NC(=O)[C@H](CCSC)NC=O)C(=O)O. The normalized spacial score (nSPS) is 13.4. The zero-order valence-electron chi connectivity index (χ0n) is 11.0. The Hall–Kier alpha value is -0.890. The standard InChI is InChI=1S/C11H20N2O4S2/c1-18-5-3-8(12-7-14)10(15)13-9(11(16)17)4-6-19-2/h7-9H,3-6H2,1-2H3,(H,12,14)(H,13,15)(H,16,17)/t8-,9-/m0/s1. The second-order valence-electron chi connectivity index (χ2n) is 3.80. The van der Waals surface area contributed by atoms with Gasteiger partial charge in [0.05, 0.1) is 0 Å². The van der Waals surface area contributed by atoms with Crippen molar-refractivity contribution in [1.29, 1.82) is 0 Å². The molecule has 0 aliphatic heterocycles. The summed E-state index contributed by atoms with van der Waals surface area (Å²) < 4.78 is 0. The van der Waals surface area contributed by atoms with Crippen LogP contribution in [0.5, 0.6) is 0 Å². The fourth-order valence-corrected chi connectivity index (χ4v) is 2.32. The Balaban J connectivity index is 4.46. The number of carbonyl (C=O) groups is 3. The molecule has 0 spiro atoms. The highest BCUT2D eigenvalue weighted by atomic mass is 32.2. The molecule has 0 radical (unpaired) electrons. The maximum absolute atomic E-state index is 11.9. The van der Waals surface area contributed by atoms with Crippen molar-refractivity contribution in [3.63, 3.8) is 0 Å². The number of carbonyl (C=O) groups excluding carboxylic acids is 2. The minimum Gasteiger partial charge on any atom is -0.480 e. The van der Waals surface area contributed by atoms with Crippen LogP contribution in [0.3, 0.4) is 0 Å². The van der Waals surface area contributed by atoms with Gasteiger partial charge in [0, 0.05) is 0 Å². The number of hydrogen-bond donors (Lipinski definition) is 3. The Morgan fingerprint density at radius 2 is 1.68 bits per heavy atom. The number of hydrogen-bond acceptors (Lipinski definition) is 5. The highest BCUT2D eigenvalue weighted by molar-refractivity contribution is 7.98. The second kappa shape index (κ2) is 11.0. The van der Waals surface area contributed by atoms with Crippen molar-refractivity contribution in [1.82, 2.24) is 10.6 Å². The topological polar surface area (TPSA) is 95.5 Å². The molecular formula is C11H20N2O4S2. The van der Waals surface area contributed by atoms with Crippen molar-refractivity contribution in [2.45, 2.75) is 24.9 Å². The van der Waals surface area contributed by atoms with Gasteiger partial charge in [-0.05, 0) is 36.9 Å². The zero-order chi connectivity index (χ0) is 14.7. The first-order valence-electron chi connectivity index (χ1n) is 5.77. The fourth-order valence-electron chi connectivity index (χ4n) is 1.37. The Kier molecular flexibility index (Phi) is 10.5. The van der Waals surface area contributed by atoms with Gasteiger partial charge >= 0.3 is 5.97 Å². The quantitative estimate of drug-likeness (QED) is 0.471. The van der Waals surface area contributed by atoms with E-state index >= 15 is 0 Å². The molecule has 19 heavy (non-hydrogen) atoms. The van der Waals surface area contributed by atoms with E-state index in [1.807, 2.05) is 12.5 Å². The third-order valence-electron chi connectivity index (χ3n) is 2.42. The summed E-state index contributed by atoms with van der Waals surface area (Å²) in [5.41, 5.74) is 0. The van der Waals surface area contributed by atoms with Gasteiger partial charge in [-0.1, -0.05) is 0 Å². The highest BCUT2D eigenvalue weighted by Gasteiger charge is 2.24. The molecule has 0 rings (SSSR count). The lowest BCUT2D eigenvalue weighted by Crippen LogP contribution is -2.50. The fraction of sp³-hybridized carbons (Fsp3) is 0.727. The summed E-state index contributed by atoms with van der Waals surface area (Å²) in [4.78, 5) is 33.4. The minimum absolute atomic E-state index is 0.360. The van der Waals surface area contributed by atoms with Crippen LogP contribution in [0.2, 0.25) is 0 Å². The third-order valence-corrected chi connectivity index (χ3v) is 3.71. The van der Waals surface area contributed by atoms with Crippen molar-refractivity contribution in [3.8, 4) is 0 Å². The maximum atomic E-state index is 11.9. The number of carboxylic acid groups (broad SMARTS) is 1. The molecule has 0 unspecified atom stereocenters. The number of thioether (sulfide) groups is 2. The van der Waals surface area contributed by atoms with Gasteiger partial charge in [-0.3, -0.25) is 9.59 Å². The van der Waals surface area contributed by atoms with Gasteiger partial charge in [0.2, 0.25) is 12.3 Å². The molecular weight excluding hydrogens is 288 g/mol. The van der Waals surface area contributed by atoms with Gasteiger partial charge in [-0.2, -0.15) is 23.5 Å². The summed E-state index contributed by atoms with van der Waals surface area (Å²) in [6, 6.07) is -1.59. The van der Waals surface area contributed by atoms with Crippen LogP contribution in [0.4, 0.5) is 0 Å². The van der Waals surface area contributed by atoms with Crippen molar-refractivity contribution in [2.24, 2.45) is 0 Å². The summed E-state index contributed by atoms with van der Waals surface area (Å²) in [5.74, 6) is -0.151. The predicted octanol–water partition coefficient (Wildman–Crippen LogP) is 0.177. The molecule has 0 aromatic rings. The third kappa shape index (κ3) is 7.99. The summed E-state index contributed by atoms with van der Waals surface area (Å²) in [6.45, 7) is 0. The van der Waals surface area contributed by atoms with Crippen molar-refractivity contribution in [3.05, 3.63) is 0 Å². The van der Waals surface area contributed by atoms with E-state index < -0.39 is 24.0 Å². The molecule has 0 saturated heterocycles. The Bertz CT molecular complexity index is 302. The molecule has 0 saturated carbocycles. The van der Waals surface area contributed by atoms with Crippen LogP contribution in [0.25, 0.3) is 0 Å². The largest absolute Gasteiger partial charge is 0.480 e. The number of amides is 2. The highest BCUT2D eigenvalue weighted by Crippen LogP contribution is 2.04. The first-order valence-corrected chi connectivity index (χ1v) is 8.56. The maximum Gasteiger partial charge on any atom is 0.326 e. The lowest BCUT2D eigenvalue weighted by Gasteiger charge is -2.19. The van der Waals surface area contributed by atoms with Crippen molar-refractivity contribution in [2.75, 3.05) is 24.0 Å². The summed E-state index contributed by atoms with van der Waals surface area (Å²) in [5, 5.41) is 13.9. The van der Waals surface area contributed by atoms with Crippen molar-refractivity contribution < 1.29 is 19.5 Å². The molecule has 0 aromatic carbocycles. The molecule has 0 heterocycles. The van der Waals surface area contributed by atoms with E-state index in [1.165, 1.54) is 11.8 Å². The first-order chi connectivity index (χ1) is 9.06. The molecule has 0 bridgehead atoms. The number of carboxylic acids is 1. The lowest BCUT2D eigenvalue weighted by molar-refractivity contribution is -0.142. The van der Waals surface area contributed by atoms with E-state index in [0.717, 1.165) is 0 Å². The Morgan fingerprint density at radius 1 is 1.16 bits per heavy atom. The minimum atomic E-state index is -1.06. The zero-order valence-corrected chi connectivity index (χ0v) is 12.7. The van der Waals surface area contributed by atoms with Gasteiger partial charge in [0.1, 0.15) is 12.1 Å². The van der Waals surface area contributed by atoms with Crippen LogP contribution in [0, 0.1) is 0 Å². The molecule has 0 fully saturated rings. The molecule has 2 amide bonds. The van der Waals surface area contributed by atoms with Gasteiger partial charge in [0.15, 0.2) is 0 Å². The Morgan fingerprint density at radius 3 is 2.11 bits per heavy atom. The van der Waals surface area contributed by atoms with E-state index in [-0.39, 0.29) is 0 Å². The van der Waals surface area contributed by atoms with E-state index in [1.54, 1.807) is 11.8 Å². The second-order valence-corrected chi connectivity index (χ2v) is 5.77. The summed E-state index contributed by atoms with van der Waals surface area (Å²) >= 11 is 3.07. The summed E-state index contributed by atoms with van der Waals surface area (Å²) in [6.07, 6.45) is 5.06. The molecule has 110 valence electrons.